The summed E-state index contributed by atoms with van der Waals surface area (Å²) in [5, 5.41) is 0. The molecule has 0 radical (unpaired) electrons. The van der Waals surface area contributed by atoms with Gasteiger partial charge in [-0.05, 0) is 54.4 Å². The predicted molar refractivity (Wildman–Crippen MR) is 94.3 cm³/mol. The summed E-state index contributed by atoms with van der Waals surface area (Å²) in [5.41, 5.74) is 5.43. The summed E-state index contributed by atoms with van der Waals surface area (Å²) in [7, 11) is 0. The predicted octanol–water partition coefficient (Wildman–Crippen LogP) is 6.54. The van der Waals surface area contributed by atoms with Crippen molar-refractivity contribution in [3.05, 3.63) is 34.9 Å². The van der Waals surface area contributed by atoms with Crippen LogP contribution in [0.2, 0.25) is 0 Å². The van der Waals surface area contributed by atoms with Gasteiger partial charge in [0.05, 0.1) is 6.61 Å². The molecule has 0 saturated heterocycles. The first-order valence-electron chi connectivity index (χ1n) is 8.42. The third kappa shape index (κ3) is 4.36. The molecule has 0 aliphatic rings. The van der Waals surface area contributed by atoms with Gasteiger partial charge in [-0.2, -0.15) is 0 Å². The minimum Gasteiger partial charge on any atom is -0.493 e. The molecular weight excluding hydrogens is 256 g/mol. The summed E-state index contributed by atoms with van der Waals surface area (Å²) in [4.78, 5) is 0. The Morgan fingerprint density at radius 1 is 1.10 bits per heavy atom. The van der Waals surface area contributed by atoms with Crippen molar-refractivity contribution < 1.29 is 4.74 Å². The van der Waals surface area contributed by atoms with Crippen molar-refractivity contribution in [2.75, 3.05) is 6.61 Å². The Kier molecular flexibility index (Phi) is 7.01. The molecule has 21 heavy (non-hydrogen) atoms. The van der Waals surface area contributed by atoms with Crippen LogP contribution in [0.3, 0.4) is 0 Å². The van der Waals surface area contributed by atoms with Crippen molar-refractivity contribution >= 4 is 5.57 Å². The molecule has 0 aromatic heterocycles. The van der Waals surface area contributed by atoms with Crippen LogP contribution in [0.15, 0.2) is 18.2 Å². The Hall–Kier alpha value is -1.24. The number of allylic oxidation sites excluding steroid dienone is 2. The second-order valence-corrected chi connectivity index (χ2v) is 6.31. The summed E-state index contributed by atoms with van der Waals surface area (Å²) in [6.45, 7) is 16.3. The molecule has 118 valence electrons. The monoisotopic (exact) mass is 288 g/mol. The van der Waals surface area contributed by atoms with Crippen molar-refractivity contribution in [1.29, 1.82) is 0 Å². The Morgan fingerprint density at radius 3 is 2.19 bits per heavy atom. The Morgan fingerprint density at radius 2 is 1.76 bits per heavy atom. The maximum atomic E-state index is 6.16. The highest BCUT2D eigenvalue weighted by atomic mass is 16.5. The van der Waals surface area contributed by atoms with E-state index in [9.17, 15) is 0 Å². The Labute approximate surface area is 131 Å². The van der Waals surface area contributed by atoms with Gasteiger partial charge < -0.3 is 4.74 Å². The van der Waals surface area contributed by atoms with E-state index in [2.05, 4.69) is 66.7 Å². The molecule has 0 amide bonds. The summed E-state index contributed by atoms with van der Waals surface area (Å²) in [6, 6.07) is 4.67. The molecule has 0 fully saturated rings. The summed E-state index contributed by atoms with van der Waals surface area (Å²) in [5.74, 6) is 2.12. The molecule has 0 N–H and O–H groups in total. The zero-order valence-corrected chi connectivity index (χ0v) is 14.9. The van der Waals surface area contributed by atoms with Gasteiger partial charge in [0.2, 0.25) is 0 Å². The van der Waals surface area contributed by atoms with Crippen LogP contribution in [0.1, 0.15) is 89.8 Å². The third-order valence-corrected chi connectivity index (χ3v) is 3.95. The number of benzene rings is 1. The van der Waals surface area contributed by atoms with Gasteiger partial charge in [-0.3, -0.25) is 0 Å². The average Bonchev–Trinajstić information content (AvgIpc) is 2.46. The molecule has 0 atom stereocenters. The second-order valence-electron chi connectivity index (χ2n) is 6.31. The smallest absolute Gasteiger partial charge is 0.130 e. The number of hydrogen-bond donors (Lipinski definition) is 0. The minimum atomic E-state index is 0.476. The molecule has 0 heterocycles. The molecule has 1 aromatic carbocycles. The molecule has 1 nitrogen and oxygen atoms in total. The fraction of sp³-hybridized carbons (Fsp3) is 0.600. The number of ether oxygens (including phenoxy) is 1. The lowest BCUT2D eigenvalue weighted by Gasteiger charge is -2.22. The van der Waals surface area contributed by atoms with E-state index in [1.165, 1.54) is 22.3 Å². The van der Waals surface area contributed by atoms with Gasteiger partial charge in [0, 0.05) is 5.56 Å². The summed E-state index contributed by atoms with van der Waals surface area (Å²) >= 11 is 0. The van der Waals surface area contributed by atoms with Crippen LogP contribution in [0.25, 0.3) is 5.57 Å². The van der Waals surface area contributed by atoms with E-state index in [-0.39, 0.29) is 0 Å². The lowest BCUT2D eigenvalue weighted by molar-refractivity contribution is 0.312. The van der Waals surface area contributed by atoms with Gasteiger partial charge in [0.25, 0.3) is 0 Å². The number of hydrogen-bond acceptors (Lipinski definition) is 1. The molecular formula is C20H32O. The standard InChI is InChI=1S/C20H32O/c1-8-11-21-20-18(15(6)7)12-17(14(4)5)13-19(20)16(9-2)10-3/h9,12-15H,8,10-11H2,1-7H3. The molecule has 0 saturated carbocycles. The van der Waals surface area contributed by atoms with Crippen LogP contribution < -0.4 is 4.74 Å². The van der Waals surface area contributed by atoms with Crippen LogP contribution in [-0.2, 0) is 0 Å². The van der Waals surface area contributed by atoms with Gasteiger partial charge >= 0.3 is 0 Å². The van der Waals surface area contributed by atoms with Crippen LogP contribution >= 0.6 is 0 Å². The second kappa shape index (κ2) is 8.26. The van der Waals surface area contributed by atoms with E-state index in [0.717, 1.165) is 25.2 Å². The molecule has 0 spiro atoms. The maximum absolute atomic E-state index is 6.16. The molecule has 1 heteroatoms. The van der Waals surface area contributed by atoms with E-state index < -0.39 is 0 Å². The summed E-state index contributed by atoms with van der Waals surface area (Å²) < 4.78 is 6.16. The first-order chi connectivity index (χ1) is 9.96. The molecule has 0 aliphatic carbocycles. The normalized spacial score (nSPS) is 12.3. The van der Waals surface area contributed by atoms with Crippen molar-refractivity contribution in [2.45, 2.75) is 73.1 Å². The van der Waals surface area contributed by atoms with Crippen LogP contribution in [-0.4, -0.2) is 6.61 Å². The van der Waals surface area contributed by atoms with E-state index in [4.69, 9.17) is 4.74 Å². The largest absolute Gasteiger partial charge is 0.493 e. The molecule has 1 aromatic rings. The van der Waals surface area contributed by atoms with E-state index in [1.807, 2.05) is 0 Å². The van der Waals surface area contributed by atoms with Crippen LogP contribution in [0.4, 0.5) is 0 Å². The average molecular weight is 288 g/mol. The molecule has 1 rings (SSSR count). The van der Waals surface area contributed by atoms with Crippen molar-refractivity contribution in [1.82, 2.24) is 0 Å². The van der Waals surface area contributed by atoms with Gasteiger partial charge in [0.1, 0.15) is 5.75 Å². The van der Waals surface area contributed by atoms with Crippen LogP contribution in [0.5, 0.6) is 5.75 Å². The lowest BCUT2D eigenvalue weighted by Crippen LogP contribution is -2.06. The molecule has 0 aliphatic heterocycles. The first-order valence-corrected chi connectivity index (χ1v) is 8.42. The highest BCUT2D eigenvalue weighted by molar-refractivity contribution is 5.73. The fourth-order valence-electron chi connectivity index (χ4n) is 2.59. The fourth-order valence-corrected chi connectivity index (χ4v) is 2.59. The topological polar surface area (TPSA) is 9.23 Å². The summed E-state index contributed by atoms with van der Waals surface area (Å²) in [6.07, 6.45) is 4.31. The van der Waals surface area contributed by atoms with Crippen molar-refractivity contribution in [3.63, 3.8) is 0 Å². The molecule has 0 bridgehead atoms. The first kappa shape index (κ1) is 17.8. The minimum absolute atomic E-state index is 0.476. The highest BCUT2D eigenvalue weighted by Crippen LogP contribution is 2.38. The zero-order valence-electron chi connectivity index (χ0n) is 14.9. The third-order valence-electron chi connectivity index (χ3n) is 3.95. The maximum Gasteiger partial charge on any atom is 0.130 e. The van der Waals surface area contributed by atoms with E-state index >= 15 is 0 Å². The lowest BCUT2D eigenvalue weighted by atomic mass is 9.88. The molecule has 0 unspecified atom stereocenters. The van der Waals surface area contributed by atoms with E-state index in [0.29, 0.717) is 11.8 Å². The number of rotatable bonds is 7. The zero-order chi connectivity index (χ0) is 16.0. The van der Waals surface area contributed by atoms with Gasteiger partial charge in [0.15, 0.2) is 0 Å². The van der Waals surface area contributed by atoms with Gasteiger partial charge in [-0.25, -0.2) is 0 Å². The SMILES string of the molecule is CC=C(CC)c1cc(C(C)C)cc(C(C)C)c1OCCC. The van der Waals surface area contributed by atoms with E-state index in [1.54, 1.807) is 0 Å². The van der Waals surface area contributed by atoms with Gasteiger partial charge in [-0.1, -0.05) is 53.7 Å². The van der Waals surface area contributed by atoms with Crippen LogP contribution in [0, 0.1) is 0 Å². The highest BCUT2D eigenvalue weighted by Gasteiger charge is 2.17. The Balaban J connectivity index is 3.53. The quantitative estimate of drug-likeness (QED) is 0.554. The van der Waals surface area contributed by atoms with Crippen molar-refractivity contribution in [3.8, 4) is 5.75 Å². The van der Waals surface area contributed by atoms with Gasteiger partial charge in [-0.15, -0.1) is 0 Å². The Bertz CT molecular complexity index is 481. The van der Waals surface area contributed by atoms with Crippen molar-refractivity contribution in [2.24, 2.45) is 0 Å².